The fraction of sp³-hybridized carbons (Fsp3) is 0.533. The maximum Gasteiger partial charge on any atom is 0.227 e. The lowest BCUT2D eigenvalue weighted by Gasteiger charge is -2.24. The number of hydrogen-bond donors (Lipinski definition) is 3. The lowest BCUT2D eigenvalue weighted by atomic mass is 9.92. The van der Waals surface area contributed by atoms with Crippen LogP contribution in [0.5, 0.6) is 0 Å². The first-order valence-electron chi connectivity index (χ1n) is 7.12. The maximum absolute atomic E-state index is 11.9. The maximum atomic E-state index is 11.9. The standard InChI is InChI=1S/C15H25N5O.HI/c1-5-17-13(21)15(2,3)11-20-14(16-4)19-10-12-8-6-7-9-18-12;/h6-9H,5,10-11H2,1-4H3,(H,17,21)(H2,16,19,20);1H. The molecule has 0 unspecified atom stereocenters. The summed E-state index contributed by atoms with van der Waals surface area (Å²) < 4.78 is 0. The monoisotopic (exact) mass is 419 g/mol. The van der Waals surface area contributed by atoms with Gasteiger partial charge in [0.05, 0.1) is 17.7 Å². The van der Waals surface area contributed by atoms with Crippen LogP contribution in [0.3, 0.4) is 0 Å². The van der Waals surface area contributed by atoms with Gasteiger partial charge in [-0.3, -0.25) is 14.8 Å². The van der Waals surface area contributed by atoms with Crippen LogP contribution in [-0.4, -0.2) is 37.0 Å². The topological polar surface area (TPSA) is 78.4 Å². The lowest BCUT2D eigenvalue weighted by Crippen LogP contribution is -2.47. The van der Waals surface area contributed by atoms with E-state index < -0.39 is 5.41 Å². The molecule has 124 valence electrons. The molecule has 7 heteroatoms. The van der Waals surface area contributed by atoms with Crippen molar-refractivity contribution in [2.45, 2.75) is 27.3 Å². The average molecular weight is 419 g/mol. The number of hydrogen-bond acceptors (Lipinski definition) is 3. The van der Waals surface area contributed by atoms with Crippen LogP contribution in [0, 0.1) is 5.41 Å². The molecule has 0 spiro atoms. The largest absolute Gasteiger partial charge is 0.356 e. The molecule has 22 heavy (non-hydrogen) atoms. The minimum Gasteiger partial charge on any atom is -0.356 e. The van der Waals surface area contributed by atoms with E-state index in [-0.39, 0.29) is 29.9 Å². The van der Waals surface area contributed by atoms with Crippen molar-refractivity contribution in [3.8, 4) is 0 Å². The Bertz CT molecular complexity index is 476. The van der Waals surface area contributed by atoms with Crippen LogP contribution in [-0.2, 0) is 11.3 Å². The van der Waals surface area contributed by atoms with E-state index in [1.807, 2.05) is 39.0 Å². The minimum absolute atomic E-state index is 0. The molecule has 0 aliphatic rings. The van der Waals surface area contributed by atoms with E-state index in [9.17, 15) is 4.79 Å². The van der Waals surface area contributed by atoms with Crippen molar-refractivity contribution < 1.29 is 4.79 Å². The predicted octanol–water partition coefficient (Wildman–Crippen LogP) is 1.53. The molecule has 0 aliphatic heterocycles. The highest BCUT2D eigenvalue weighted by molar-refractivity contribution is 14.0. The number of aromatic nitrogens is 1. The van der Waals surface area contributed by atoms with E-state index >= 15 is 0 Å². The number of pyridine rings is 1. The summed E-state index contributed by atoms with van der Waals surface area (Å²) >= 11 is 0. The third kappa shape index (κ3) is 7.06. The van der Waals surface area contributed by atoms with Crippen LogP contribution in [0.25, 0.3) is 0 Å². The molecule has 6 nitrogen and oxygen atoms in total. The summed E-state index contributed by atoms with van der Waals surface area (Å²) in [6.45, 7) is 7.43. The van der Waals surface area contributed by atoms with E-state index in [2.05, 4.69) is 25.9 Å². The summed E-state index contributed by atoms with van der Waals surface area (Å²) in [4.78, 5) is 20.3. The van der Waals surface area contributed by atoms with Crippen molar-refractivity contribution in [2.75, 3.05) is 20.1 Å². The third-order valence-corrected chi connectivity index (χ3v) is 3.04. The van der Waals surface area contributed by atoms with Crippen molar-refractivity contribution in [3.05, 3.63) is 30.1 Å². The van der Waals surface area contributed by atoms with Crippen molar-refractivity contribution >= 4 is 35.8 Å². The molecular weight excluding hydrogens is 393 g/mol. The predicted molar refractivity (Wildman–Crippen MR) is 100 cm³/mol. The van der Waals surface area contributed by atoms with Crippen molar-refractivity contribution in [3.63, 3.8) is 0 Å². The first-order chi connectivity index (χ1) is 9.99. The number of nitrogens with one attached hydrogen (secondary N) is 3. The van der Waals surface area contributed by atoms with Crippen molar-refractivity contribution in [1.29, 1.82) is 0 Å². The fourth-order valence-electron chi connectivity index (χ4n) is 1.68. The molecule has 3 N–H and O–H groups in total. The number of rotatable bonds is 6. The zero-order chi connectivity index (χ0) is 15.7. The number of nitrogens with zero attached hydrogens (tertiary/aromatic N) is 2. The Morgan fingerprint density at radius 1 is 1.27 bits per heavy atom. The van der Waals surface area contributed by atoms with Gasteiger partial charge in [0.1, 0.15) is 0 Å². The lowest BCUT2D eigenvalue weighted by molar-refractivity contribution is -0.128. The number of amides is 1. The molecule has 0 fully saturated rings. The zero-order valence-electron chi connectivity index (χ0n) is 13.6. The number of halogens is 1. The second-order valence-electron chi connectivity index (χ2n) is 5.34. The highest BCUT2D eigenvalue weighted by Gasteiger charge is 2.27. The first-order valence-corrected chi connectivity index (χ1v) is 7.12. The molecule has 1 rings (SSSR count). The molecule has 0 saturated carbocycles. The SMILES string of the molecule is CCNC(=O)C(C)(C)CNC(=NC)NCc1ccccn1.I. The first kappa shape index (κ1) is 20.6. The van der Waals surface area contributed by atoms with E-state index in [4.69, 9.17) is 0 Å². The average Bonchev–Trinajstić information content (AvgIpc) is 2.48. The molecule has 0 aromatic carbocycles. The minimum atomic E-state index is -0.501. The molecule has 0 radical (unpaired) electrons. The van der Waals surface area contributed by atoms with Gasteiger partial charge < -0.3 is 16.0 Å². The highest BCUT2D eigenvalue weighted by atomic mass is 127. The van der Waals surface area contributed by atoms with Crippen molar-refractivity contribution in [2.24, 2.45) is 10.4 Å². The van der Waals surface area contributed by atoms with E-state index in [1.54, 1.807) is 13.2 Å². The summed E-state index contributed by atoms with van der Waals surface area (Å²) in [5.74, 6) is 0.677. The Morgan fingerprint density at radius 3 is 2.55 bits per heavy atom. The van der Waals surface area contributed by atoms with Crippen LogP contribution in [0.15, 0.2) is 29.4 Å². The summed E-state index contributed by atoms with van der Waals surface area (Å²) in [6, 6.07) is 5.77. The molecule has 1 amide bonds. The molecule has 0 bridgehead atoms. The number of aliphatic imine (C=N–C) groups is 1. The Balaban J connectivity index is 0.00000441. The van der Waals surface area contributed by atoms with Gasteiger partial charge in [-0.25, -0.2) is 0 Å². The van der Waals surface area contributed by atoms with Crippen LogP contribution in [0.1, 0.15) is 26.5 Å². The molecule has 0 aliphatic carbocycles. The summed E-state index contributed by atoms with van der Waals surface area (Å²) in [5, 5.41) is 9.18. The van der Waals surface area contributed by atoms with Gasteiger partial charge >= 0.3 is 0 Å². The normalized spacial score (nSPS) is 11.4. The molecule has 1 heterocycles. The number of carbonyl (C=O) groups is 1. The van der Waals surface area contributed by atoms with Crippen LogP contribution in [0.4, 0.5) is 0 Å². The van der Waals surface area contributed by atoms with E-state index in [0.717, 1.165) is 5.69 Å². The second-order valence-corrected chi connectivity index (χ2v) is 5.34. The quantitative estimate of drug-likeness (QED) is 0.371. The van der Waals surface area contributed by atoms with Crippen molar-refractivity contribution in [1.82, 2.24) is 20.9 Å². The van der Waals surface area contributed by atoms with Gasteiger partial charge in [0.2, 0.25) is 5.91 Å². The van der Waals surface area contributed by atoms with Gasteiger partial charge in [0.25, 0.3) is 0 Å². The molecule has 1 aromatic heterocycles. The zero-order valence-corrected chi connectivity index (χ0v) is 16.0. The van der Waals surface area contributed by atoms with Gasteiger partial charge in [-0.05, 0) is 32.9 Å². The number of carbonyl (C=O) groups excluding carboxylic acids is 1. The molecule has 0 atom stereocenters. The van der Waals surface area contributed by atoms with E-state index in [0.29, 0.717) is 25.6 Å². The summed E-state index contributed by atoms with van der Waals surface area (Å²) in [5.41, 5.74) is 0.432. The summed E-state index contributed by atoms with van der Waals surface area (Å²) in [6.07, 6.45) is 1.76. The van der Waals surface area contributed by atoms with Crippen LogP contribution < -0.4 is 16.0 Å². The molecule has 1 aromatic rings. The Hall–Kier alpha value is -1.38. The van der Waals surface area contributed by atoms with Crippen LogP contribution in [0.2, 0.25) is 0 Å². The Kier molecular flexibility index (Phi) is 9.71. The number of guanidine groups is 1. The highest BCUT2D eigenvalue weighted by Crippen LogP contribution is 2.13. The Morgan fingerprint density at radius 2 is 2.00 bits per heavy atom. The fourth-order valence-corrected chi connectivity index (χ4v) is 1.68. The van der Waals surface area contributed by atoms with Gasteiger partial charge in [-0.1, -0.05) is 6.07 Å². The smallest absolute Gasteiger partial charge is 0.227 e. The van der Waals surface area contributed by atoms with E-state index in [1.165, 1.54) is 0 Å². The molecular formula is C15H26IN5O. The van der Waals surface area contributed by atoms with Crippen LogP contribution >= 0.6 is 24.0 Å². The summed E-state index contributed by atoms with van der Waals surface area (Å²) in [7, 11) is 1.70. The van der Waals surface area contributed by atoms with Gasteiger partial charge in [0.15, 0.2) is 5.96 Å². The van der Waals surface area contributed by atoms with Gasteiger partial charge in [-0.2, -0.15) is 0 Å². The molecule has 0 saturated heterocycles. The van der Waals surface area contributed by atoms with Gasteiger partial charge in [-0.15, -0.1) is 24.0 Å². The van der Waals surface area contributed by atoms with Gasteiger partial charge in [0, 0.05) is 26.3 Å². The Labute approximate surface area is 149 Å². The third-order valence-electron chi connectivity index (χ3n) is 3.04. The second kappa shape index (κ2) is 10.4.